The van der Waals surface area contributed by atoms with Crippen molar-refractivity contribution in [3.05, 3.63) is 60.4 Å². The number of unbranched alkanes of at least 4 members (excludes halogenated alkanes) is 3. The Kier molecular flexibility index (Phi) is 5.42. The Bertz CT molecular complexity index is 800. The molecule has 0 saturated carbocycles. The second kappa shape index (κ2) is 7.91. The van der Waals surface area contributed by atoms with Crippen LogP contribution in [0.5, 0.6) is 0 Å². The highest BCUT2D eigenvalue weighted by molar-refractivity contribution is 5.94. The lowest BCUT2D eigenvalue weighted by atomic mass is 10.1. The largest absolute Gasteiger partial charge is 0.370 e. The first-order valence-corrected chi connectivity index (χ1v) is 8.67. The number of aromatic nitrogens is 1. The fraction of sp³-hybridized carbons (Fsp3) is 0.286. The first-order valence-electron chi connectivity index (χ1n) is 8.67. The number of pyridine rings is 1. The summed E-state index contributed by atoms with van der Waals surface area (Å²) < 4.78 is 13.7. The van der Waals surface area contributed by atoms with E-state index in [1.54, 1.807) is 6.07 Å². The van der Waals surface area contributed by atoms with Crippen molar-refractivity contribution in [2.45, 2.75) is 32.6 Å². The molecule has 0 unspecified atom stereocenters. The SMILES string of the molecule is CCCCCCNc1nc(-c2ccccc2)cc2ccc(F)cc12. The smallest absolute Gasteiger partial charge is 0.134 e. The minimum absolute atomic E-state index is 0.231. The molecule has 0 aliphatic rings. The molecule has 2 nitrogen and oxygen atoms in total. The maximum atomic E-state index is 13.7. The Morgan fingerprint density at radius 2 is 1.79 bits per heavy atom. The zero-order valence-corrected chi connectivity index (χ0v) is 14.1. The number of nitrogens with one attached hydrogen (secondary N) is 1. The van der Waals surface area contributed by atoms with Crippen LogP contribution in [-0.4, -0.2) is 11.5 Å². The molecule has 3 heteroatoms. The van der Waals surface area contributed by atoms with Crippen molar-refractivity contribution in [3.63, 3.8) is 0 Å². The summed E-state index contributed by atoms with van der Waals surface area (Å²) in [4.78, 5) is 4.75. The van der Waals surface area contributed by atoms with E-state index in [0.29, 0.717) is 0 Å². The van der Waals surface area contributed by atoms with Gasteiger partial charge in [-0.15, -0.1) is 0 Å². The predicted molar refractivity (Wildman–Crippen MR) is 99.8 cm³/mol. The zero-order chi connectivity index (χ0) is 16.8. The van der Waals surface area contributed by atoms with Gasteiger partial charge in [-0.2, -0.15) is 0 Å². The maximum Gasteiger partial charge on any atom is 0.134 e. The molecule has 0 spiro atoms. The molecule has 0 atom stereocenters. The number of hydrogen-bond acceptors (Lipinski definition) is 2. The molecule has 0 bridgehead atoms. The lowest BCUT2D eigenvalue weighted by molar-refractivity contribution is 0.629. The highest BCUT2D eigenvalue weighted by Crippen LogP contribution is 2.28. The Morgan fingerprint density at radius 3 is 2.58 bits per heavy atom. The van der Waals surface area contributed by atoms with E-state index >= 15 is 0 Å². The Hall–Kier alpha value is -2.42. The van der Waals surface area contributed by atoms with Gasteiger partial charge in [-0.3, -0.25) is 0 Å². The first-order chi connectivity index (χ1) is 11.8. The van der Waals surface area contributed by atoms with E-state index in [9.17, 15) is 4.39 Å². The van der Waals surface area contributed by atoms with E-state index in [4.69, 9.17) is 4.98 Å². The highest BCUT2D eigenvalue weighted by Gasteiger charge is 2.08. The first kappa shape index (κ1) is 16.4. The Labute approximate surface area is 142 Å². The third kappa shape index (κ3) is 3.91. The van der Waals surface area contributed by atoms with Crippen LogP contribution >= 0.6 is 0 Å². The van der Waals surface area contributed by atoms with E-state index in [1.807, 2.05) is 42.5 Å². The number of rotatable bonds is 7. The zero-order valence-electron chi connectivity index (χ0n) is 14.1. The van der Waals surface area contributed by atoms with E-state index < -0.39 is 0 Å². The minimum atomic E-state index is -0.231. The summed E-state index contributed by atoms with van der Waals surface area (Å²) in [7, 11) is 0. The molecule has 0 aliphatic heterocycles. The van der Waals surface area contributed by atoms with Crippen LogP contribution in [0.3, 0.4) is 0 Å². The maximum absolute atomic E-state index is 13.7. The van der Waals surface area contributed by atoms with Gasteiger partial charge >= 0.3 is 0 Å². The topological polar surface area (TPSA) is 24.9 Å². The number of fused-ring (bicyclic) bond motifs is 1. The second-order valence-electron chi connectivity index (χ2n) is 6.08. The van der Waals surface area contributed by atoms with Gasteiger partial charge in [0.1, 0.15) is 11.6 Å². The van der Waals surface area contributed by atoms with Crippen molar-refractivity contribution < 1.29 is 4.39 Å². The molecule has 0 amide bonds. The monoisotopic (exact) mass is 322 g/mol. The molecule has 2 aromatic carbocycles. The van der Waals surface area contributed by atoms with Crippen LogP contribution in [0.1, 0.15) is 32.6 Å². The molecule has 3 aromatic rings. The van der Waals surface area contributed by atoms with Crippen LogP contribution in [0.25, 0.3) is 22.0 Å². The van der Waals surface area contributed by atoms with Crippen LogP contribution in [0.2, 0.25) is 0 Å². The molecule has 24 heavy (non-hydrogen) atoms. The normalized spacial score (nSPS) is 10.9. The lowest BCUT2D eigenvalue weighted by Crippen LogP contribution is -2.05. The van der Waals surface area contributed by atoms with E-state index in [2.05, 4.69) is 12.2 Å². The van der Waals surface area contributed by atoms with Crippen molar-refractivity contribution in [2.75, 3.05) is 11.9 Å². The standard InChI is InChI=1S/C21H23FN2/c1-2-3-4-8-13-23-21-19-15-18(22)12-11-17(19)14-20(24-21)16-9-6-5-7-10-16/h5-7,9-12,14-15H,2-4,8,13H2,1H3,(H,23,24). The molecule has 1 aromatic heterocycles. The summed E-state index contributed by atoms with van der Waals surface area (Å²) in [5, 5.41) is 5.25. The molecule has 0 saturated heterocycles. The minimum Gasteiger partial charge on any atom is -0.370 e. The van der Waals surface area contributed by atoms with E-state index in [0.717, 1.165) is 40.8 Å². The van der Waals surface area contributed by atoms with Crippen LogP contribution in [0, 0.1) is 5.82 Å². The molecular weight excluding hydrogens is 299 g/mol. The Balaban J connectivity index is 1.93. The van der Waals surface area contributed by atoms with E-state index in [-0.39, 0.29) is 5.82 Å². The second-order valence-corrected chi connectivity index (χ2v) is 6.08. The molecule has 124 valence electrons. The highest BCUT2D eigenvalue weighted by atomic mass is 19.1. The van der Waals surface area contributed by atoms with Gasteiger partial charge in [0.25, 0.3) is 0 Å². The average molecular weight is 322 g/mol. The summed E-state index contributed by atoms with van der Waals surface area (Å²) in [5.74, 6) is 0.535. The van der Waals surface area contributed by atoms with Gasteiger partial charge in [-0.05, 0) is 30.0 Å². The quantitative estimate of drug-likeness (QED) is 0.537. The summed E-state index contributed by atoms with van der Waals surface area (Å²) in [5.41, 5.74) is 1.98. The van der Waals surface area contributed by atoms with Gasteiger partial charge in [-0.1, -0.05) is 62.6 Å². The number of halogens is 1. The Morgan fingerprint density at radius 1 is 0.958 bits per heavy atom. The van der Waals surface area contributed by atoms with Gasteiger partial charge in [-0.25, -0.2) is 9.37 Å². The summed E-state index contributed by atoms with van der Waals surface area (Å²) in [6.07, 6.45) is 4.76. The molecule has 0 fully saturated rings. The third-order valence-corrected chi connectivity index (χ3v) is 4.19. The third-order valence-electron chi connectivity index (χ3n) is 4.19. The van der Waals surface area contributed by atoms with Crippen LogP contribution in [0.15, 0.2) is 54.6 Å². The molecule has 0 radical (unpaired) electrons. The molecule has 3 rings (SSSR count). The molecular formula is C21H23FN2. The fourth-order valence-corrected chi connectivity index (χ4v) is 2.87. The van der Waals surface area contributed by atoms with Crippen molar-refractivity contribution in [3.8, 4) is 11.3 Å². The lowest BCUT2D eigenvalue weighted by Gasteiger charge is -2.12. The van der Waals surface area contributed by atoms with E-state index in [1.165, 1.54) is 25.3 Å². The summed E-state index contributed by atoms with van der Waals surface area (Å²) >= 11 is 0. The van der Waals surface area contributed by atoms with Crippen LogP contribution < -0.4 is 5.32 Å². The van der Waals surface area contributed by atoms with Crippen molar-refractivity contribution in [1.82, 2.24) is 4.98 Å². The van der Waals surface area contributed by atoms with Crippen molar-refractivity contribution in [2.24, 2.45) is 0 Å². The average Bonchev–Trinajstić information content (AvgIpc) is 2.62. The summed E-state index contributed by atoms with van der Waals surface area (Å²) in [6.45, 7) is 3.06. The van der Waals surface area contributed by atoms with Gasteiger partial charge in [0.2, 0.25) is 0 Å². The number of nitrogens with zero attached hydrogens (tertiary/aromatic N) is 1. The summed E-state index contributed by atoms with van der Waals surface area (Å²) in [6, 6.07) is 17.0. The number of hydrogen-bond donors (Lipinski definition) is 1. The molecule has 1 heterocycles. The van der Waals surface area contributed by atoms with Gasteiger partial charge in [0.05, 0.1) is 5.69 Å². The van der Waals surface area contributed by atoms with Crippen LogP contribution in [-0.2, 0) is 0 Å². The van der Waals surface area contributed by atoms with Crippen LogP contribution in [0.4, 0.5) is 10.2 Å². The fourth-order valence-electron chi connectivity index (χ4n) is 2.87. The van der Waals surface area contributed by atoms with Crippen molar-refractivity contribution in [1.29, 1.82) is 0 Å². The molecule has 0 aliphatic carbocycles. The number of benzene rings is 2. The van der Waals surface area contributed by atoms with Crippen molar-refractivity contribution >= 4 is 16.6 Å². The van der Waals surface area contributed by atoms with Gasteiger partial charge < -0.3 is 5.32 Å². The number of anilines is 1. The van der Waals surface area contributed by atoms with Gasteiger partial charge in [0.15, 0.2) is 0 Å². The molecule has 1 N–H and O–H groups in total. The van der Waals surface area contributed by atoms with Gasteiger partial charge in [0, 0.05) is 17.5 Å². The predicted octanol–water partition coefficient (Wildman–Crippen LogP) is 6.03.